The molecule has 1 unspecified atom stereocenters. The predicted octanol–water partition coefficient (Wildman–Crippen LogP) is 0.962. The van der Waals surface area contributed by atoms with Crippen molar-refractivity contribution in [1.82, 2.24) is 0 Å². The van der Waals surface area contributed by atoms with Crippen molar-refractivity contribution in [2.45, 2.75) is 0 Å². The van der Waals surface area contributed by atoms with Crippen molar-refractivity contribution in [3.63, 3.8) is 0 Å². The van der Waals surface area contributed by atoms with E-state index in [-0.39, 0.29) is 22.8 Å². The van der Waals surface area contributed by atoms with Gasteiger partial charge in [0.2, 0.25) is 0 Å². The zero-order valence-corrected chi connectivity index (χ0v) is 9.34. The number of hydrogen-bond acceptors (Lipinski definition) is 4. The molecule has 0 fully saturated rings. The minimum absolute atomic E-state index is 0.0834. The van der Waals surface area contributed by atoms with Crippen LogP contribution in [0.4, 0.5) is 0 Å². The zero-order chi connectivity index (χ0) is 11.4. The lowest BCUT2D eigenvalue weighted by Gasteiger charge is -2.04. The van der Waals surface area contributed by atoms with Crippen molar-refractivity contribution in [2.24, 2.45) is 0 Å². The normalized spacial score (nSPS) is 12.1. The first kappa shape index (κ1) is 11.7. The number of ketones is 1. The number of hydrogen-bond donors (Lipinski definition) is 1. The number of rotatable bonds is 4. The average Bonchev–Trinajstić information content (AvgIpc) is 2.16. The molecule has 0 saturated heterocycles. The highest BCUT2D eigenvalue weighted by Crippen LogP contribution is 2.23. The quantitative estimate of drug-likeness (QED) is 0.780. The van der Waals surface area contributed by atoms with Crippen molar-refractivity contribution in [3.8, 4) is 11.5 Å². The van der Waals surface area contributed by atoms with Crippen LogP contribution in [0, 0.1) is 0 Å². The molecule has 0 heterocycles. The van der Waals surface area contributed by atoms with Crippen molar-refractivity contribution < 1.29 is 18.8 Å². The molecule has 82 valence electrons. The Kier molecular flexibility index (Phi) is 3.85. The summed E-state index contributed by atoms with van der Waals surface area (Å²) in [5, 5.41) is 9.51. The van der Waals surface area contributed by atoms with Crippen LogP contribution in [0.3, 0.4) is 0 Å². The number of phenols is 1. The number of Topliss-reactive ketones (excluding diaryl/α,β-unsaturated/α-hetero) is 1. The van der Waals surface area contributed by atoms with Crippen molar-refractivity contribution >= 4 is 16.6 Å². The van der Waals surface area contributed by atoms with E-state index in [1.54, 1.807) is 6.07 Å². The van der Waals surface area contributed by atoms with E-state index >= 15 is 0 Å². The maximum absolute atomic E-state index is 11.5. The first-order valence-corrected chi connectivity index (χ1v) is 5.97. The van der Waals surface area contributed by atoms with Crippen molar-refractivity contribution in [3.05, 3.63) is 23.8 Å². The van der Waals surface area contributed by atoms with Crippen LogP contribution in [0.5, 0.6) is 11.5 Å². The molecule has 15 heavy (non-hydrogen) atoms. The van der Waals surface area contributed by atoms with Gasteiger partial charge in [0.1, 0.15) is 11.5 Å². The summed E-state index contributed by atoms with van der Waals surface area (Å²) in [5.74, 6) is -0.0951. The first-order chi connectivity index (χ1) is 7.04. The van der Waals surface area contributed by atoms with Crippen molar-refractivity contribution in [2.75, 3.05) is 19.1 Å². The summed E-state index contributed by atoms with van der Waals surface area (Å²) in [6, 6.07) is 4.39. The zero-order valence-electron chi connectivity index (χ0n) is 8.52. The Morgan fingerprint density at radius 3 is 2.67 bits per heavy atom. The van der Waals surface area contributed by atoms with Crippen LogP contribution in [-0.4, -0.2) is 34.2 Å². The Morgan fingerprint density at radius 1 is 1.53 bits per heavy atom. The molecule has 0 amide bonds. The Labute approximate surface area is 90.3 Å². The molecule has 0 spiro atoms. The fraction of sp³-hybridized carbons (Fsp3) is 0.300. The minimum atomic E-state index is -1.20. The molecule has 0 bridgehead atoms. The Bertz CT molecular complexity index is 400. The summed E-state index contributed by atoms with van der Waals surface area (Å²) in [4.78, 5) is 11.5. The molecule has 1 aromatic rings. The SMILES string of the molecule is COc1ccc(C(=O)CS(C)=O)c(O)c1. The summed E-state index contributed by atoms with van der Waals surface area (Å²) in [5.41, 5.74) is 0.172. The molecule has 0 aliphatic carbocycles. The van der Waals surface area contributed by atoms with Crippen LogP contribution in [0.1, 0.15) is 10.4 Å². The Balaban J connectivity index is 2.95. The topological polar surface area (TPSA) is 63.6 Å². The lowest BCUT2D eigenvalue weighted by Crippen LogP contribution is -2.09. The molecule has 0 saturated carbocycles. The number of ether oxygens (including phenoxy) is 1. The van der Waals surface area contributed by atoms with Crippen LogP contribution in [0.2, 0.25) is 0 Å². The fourth-order valence-corrected chi connectivity index (χ4v) is 1.66. The molecule has 1 aromatic carbocycles. The van der Waals surface area contributed by atoms with Crippen LogP contribution in [0.15, 0.2) is 18.2 Å². The summed E-state index contributed by atoms with van der Waals surface area (Å²) in [7, 11) is 0.266. The maximum Gasteiger partial charge on any atom is 0.179 e. The third kappa shape index (κ3) is 3.06. The van der Waals surface area contributed by atoms with Gasteiger partial charge in [-0.2, -0.15) is 0 Å². The van der Waals surface area contributed by atoms with Gasteiger partial charge in [-0.25, -0.2) is 0 Å². The minimum Gasteiger partial charge on any atom is -0.507 e. The van der Waals surface area contributed by atoms with Gasteiger partial charge in [0.25, 0.3) is 0 Å². The average molecular weight is 228 g/mol. The second-order valence-electron chi connectivity index (χ2n) is 3.02. The van der Waals surface area contributed by atoms with E-state index in [0.29, 0.717) is 5.75 Å². The third-order valence-corrected chi connectivity index (χ3v) is 2.51. The van der Waals surface area contributed by atoms with Crippen molar-refractivity contribution in [1.29, 1.82) is 0 Å². The van der Waals surface area contributed by atoms with Gasteiger partial charge in [0, 0.05) is 23.1 Å². The molecule has 1 N–H and O–H groups in total. The van der Waals surface area contributed by atoms with Crippen LogP contribution in [0.25, 0.3) is 0 Å². The Morgan fingerprint density at radius 2 is 2.20 bits per heavy atom. The van der Waals surface area contributed by atoms with E-state index in [2.05, 4.69) is 0 Å². The Hall–Kier alpha value is -1.36. The number of aromatic hydroxyl groups is 1. The number of phenolic OH excluding ortho intramolecular Hbond substituents is 1. The highest BCUT2D eigenvalue weighted by Gasteiger charge is 2.13. The van der Waals surface area contributed by atoms with E-state index in [1.165, 1.54) is 25.5 Å². The molecule has 1 rings (SSSR count). The van der Waals surface area contributed by atoms with Gasteiger partial charge in [-0.1, -0.05) is 0 Å². The van der Waals surface area contributed by atoms with Gasteiger partial charge >= 0.3 is 0 Å². The molecule has 0 aromatic heterocycles. The van der Waals surface area contributed by atoms with Crippen LogP contribution in [-0.2, 0) is 10.8 Å². The van der Waals surface area contributed by atoms with E-state index in [0.717, 1.165) is 0 Å². The molecule has 5 heteroatoms. The lowest BCUT2D eigenvalue weighted by atomic mass is 10.1. The number of carbonyl (C=O) groups is 1. The van der Waals surface area contributed by atoms with Crippen LogP contribution < -0.4 is 4.74 Å². The lowest BCUT2D eigenvalue weighted by molar-refractivity contribution is 0.101. The fourth-order valence-electron chi connectivity index (χ4n) is 1.14. The molecular weight excluding hydrogens is 216 g/mol. The molecule has 0 aliphatic heterocycles. The van der Waals surface area contributed by atoms with Crippen LogP contribution >= 0.6 is 0 Å². The second-order valence-corrected chi connectivity index (χ2v) is 4.46. The van der Waals surface area contributed by atoms with Gasteiger partial charge in [-0.05, 0) is 12.1 Å². The van der Waals surface area contributed by atoms with Gasteiger partial charge < -0.3 is 9.84 Å². The van der Waals surface area contributed by atoms with E-state index in [4.69, 9.17) is 4.74 Å². The highest BCUT2D eigenvalue weighted by atomic mass is 32.2. The largest absolute Gasteiger partial charge is 0.507 e. The summed E-state index contributed by atoms with van der Waals surface area (Å²) >= 11 is 0. The number of methoxy groups -OCH3 is 1. The smallest absolute Gasteiger partial charge is 0.179 e. The predicted molar refractivity (Wildman–Crippen MR) is 57.9 cm³/mol. The molecule has 1 atom stereocenters. The molecular formula is C10H12O4S. The summed E-state index contributed by atoms with van der Waals surface area (Å²) in [6.45, 7) is 0. The second kappa shape index (κ2) is 4.93. The summed E-state index contributed by atoms with van der Waals surface area (Å²) < 4.78 is 15.7. The molecule has 0 radical (unpaired) electrons. The maximum atomic E-state index is 11.5. The third-order valence-electron chi connectivity index (χ3n) is 1.84. The van der Waals surface area contributed by atoms with Gasteiger partial charge in [-0.3, -0.25) is 9.00 Å². The van der Waals surface area contributed by atoms with E-state index in [9.17, 15) is 14.1 Å². The molecule has 0 aliphatic rings. The van der Waals surface area contributed by atoms with E-state index < -0.39 is 10.8 Å². The van der Waals surface area contributed by atoms with Gasteiger partial charge in [-0.15, -0.1) is 0 Å². The number of benzene rings is 1. The first-order valence-electron chi connectivity index (χ1n) is 4.25. The number of carbonyl (C=O) groups excluding carboxylic acids is 1. The summed E-state index contributed by atoms with van der Waals surface area (Å²) in [6.07, 6.45) is 1.44. The standard InChI is InChI=1S/C10H12O4S/c1-14-7-3-4-8(9(11)5-7)10(12)6-15(2)13/h3-5,11H,6H2,1-2H3. The van der Waals surface area contributed by atoms with Gasteiger partial charge in [0.05, 0.1) is 18.4 Å². The van der Waals surface area contributed by atoms with E-state index in [1.807, 2.05) is 0 Å². The molecule has 4 nitrogen and oxygen atoms in total. The monoisotopic (exact) mass is 228 g/mol. The highest BCUT2D eigenvalue weighted by molar-refractivity contribution is 7.85. The van der Waals surface area contributed by atoms with Gasteiger partial charge in [0.15, 0.2) is 5.78 Å².